The Morgan fingerprint density at radius 1 is 0.960 bits per heavy atom. The Morgan fingerprint density at radius 3 is 2.48 bits per heavy atom. The molecule has 0 saturated carbocycles. The fraction of sp³-hybridized carbons (Fsp3) is 0.409. The Kier molecular flexibility index (Phi) is 4.73. The molecule has 0 bridgehead atoms. The Hall–Kier alpha value is -2.29. The van der Waals surface area contributed by atoms with Gasteiger partial charge in [0.15, 0.2) is 0 Å². The first-order valence-corrected chi connectivity index (χ1v) is 9.47. The molecule has 2 aromatic carbocycles. The second kappa shape index (κ2) is 7.30. The van der Waals surface area contributed by atoms with Crippen LogP contribution in [-0.4, -0.2) is 25.0 Å². The molecular formula is C22H26N2O. The molecule has 2 aliphatic rings. The molecule has 0 spiro atoms. The van der Waals surface area contributed by atoms with Gasteiger partial charge in [0.05, 0.1) is 0 Å². The molecule has 1 amide bonds. The third kappa shape index (κ3) is 3.71. The van der Waals surface area contributed by atoms with Crippen LogP contribution in [0.15, 0.2) is 54.6 Å². The standard InChI is InChI=1S/C22H26N2O/c25-22(16-18-11-10-17-6-4-5-9-21(17)18)23-19-12-14-24(15-13-19)20-7-2-1-3-8-20/h1-9,18-19H,10-16H2,(H,23,25)/t18-/m1/s1. The van der Waals surface area contributed by atoms with Crippen molar-refractivity contribution in [3.05, 3.63) is 65.7 Å². The zero-order valence-electron chi connectivity index (χ0n) is 14.7. The average Bonchev–Trinajstić information content (AvgIpc) is 3.06. The lowest BCUT2D eigenvalue weighted by Crippen LogP contribution is -2.44. The summed E-state index contributed by atoms with van der Waals surface area (Å²) in [7, 11) is 0. The van der Waals surface area contributed by atoms with E-state index in [9.17, 15) is 4.79 Å². The van der Waals surface area contributed by atoms with Crippen LogP contribution in [-0.2, 0) is 11.2 Å². The van der Waals surface area contributed by atoms with E-state index in [1.54, 1.807) is 0 Å². The number of fused-ring (bicyclic) bond motifs is 1. The second-order valence-electron chi connectivity index (χ2n) is 7.30. The van der Waals surface area contributed by atoms with Crippen LogP contribution in [0.3, 0.4) is 0 Å². The summed E-state index contributed by atoms with van der Waals surface area (Å²) in [6, 6.07) is 19.5. The van der Waals surface area contributed by atoms with E-state index in [2.05, 4.69) is 64.8 Å². The van der Waals surface area contributed by atoms with Gasteiger partial charge in [-0.3, -0.25) is 4.79 Å². The Balaban J connectivity index is 1.27. The Bertz CT molecular complexity index is 720. The van der Waals surface area contributed by atoms with Gasteiger partial charge in [0.1, 0.15) is 0 Å². The van der Waals surface area contributed by atoms with Gasteiger partial charge in [-0.05, 0) is 54.9 Å². The predicted octanol–water partition coefficient (Wildman–Crippen LogP) is 3.89. The van der Waals surface area contributed by atoms with E-state index in [1.807, 2.05) is 0 Å². The summed E-state index contributed by atoms with van der Waals surface area (Å²) < 4.78 is 0. The number of rotatable bonds is 4. The number of para-hydroxylation sites is 1. The average molecular weight is 334 g/mol. The van der Waals surface area contributed by atoms with Crippen LogP contribution >= 0.6 is 0 Å². The molecule has 4 rings (SSSR count). The maximum atomic E-state index is 12.5. The van der Waals surface area contributed by atoms with Crippen molar-refractivity contribution in [3.8, 4) is 0 Å². The van der Waals surface area contributed by atoms with Crippen molar-refractivity contribution < 1.29 is 4.79 Å². The van der Waals surface area contributed by atoms with Crippen LogP contribution in [0.4, 0.5) is 5.69 Å². The molecule has 1 aliphatic carbocycles. The van der Waals surface area contributed by atoms with Crippen molar-refractivity contribution in [1.82, 2.24) is 5.32 Å². The maximum Gasteiger partial charge on any atom is 0.220 e. The fourth-order valence-electron chi connectivity index (χ4n) is 4.29. The van der Waals surface area contributed by atoms with Crippen LogP contribution < -0.4 is 10.2 Å². The Labute approximate surface area is 150 Å². The highest BCUT2D eigenvalue weighted by Crippen LogP contribution is 2.35. The summed E-state index contributed by atoms with van der Waals surface area (Å²) in [5.41, 5.74) is 4.10. The summed E-state index contributed by atoms with van der Waals surface area (Å²) in [4.78, 5) is 14.9. The van der Waals surface area contributed by atoms with Crippen molar-refractivity contribution in [2.24, 2.45) is 0 Å². The number of carbonyl (C=O) groups is 1. The van der Waals surface area contributed by atoms with Gasteiger partial charge in [-0.15, -0.1) is 0 Å². The largest absolute Gasteiger partial charge is 0.371 e. The van der Waals surface area contributed by atoms with Crippen molar-refractivity contribution in [3.63, 3.8) is 0 Å². The van der Waals surface area contributed by atoms with E-state index >= 15 is 0 Å². The number of carbonyl (C=O) groups excluding carboxylic acids is 1. The third-order valence-electron chi connectivity index (χ3n) is 5.67. The molecule has 0 radical (unpaired) electrons. The van der Waals surface area contributed by atoms with Gasteiger partial charge < -0.3 is 10.2 Å². The van der Waals surface area contributed by atoms with Gasteiger partial charge in [-0.1, -0.05) is 42.5 Å². The van der Waals surface area contributed by atoms with E-state index < -0.39 is 0 Å². The number of piperidine rings is 1. The molecule has 1 heterocycles. The van der Waals surface area contributed by atoms with Gasteiger partial charge in [0, 0.05) is 31.2 Å². The lowest BCUT2D eigenvalue weighted by Gasteiger charge is -2.34. The molecule has 1 N–H and O–H groups in total. The van der Waals surface area contributed by atoms with Crippen LogP contribution in [0.2, 0.25) is 0 Å². The Morgan fingerprint density at radius 2 is 1.68 bits per heavy atom. The van der Waals surface area contributed by atoms with Crippen molar-refractivity contribution in [2.45, 2.75) is 44.1 Å². The molecule has 1 atom stereocenters. The summed E-state index contributed by atoms with van der Waals surface area (Å²) in [6.45, 7) is 2.03. The zero-order chi connectivity index (χ0) is 17.1. The molecule has 3 nitrogen and oxygen atoms in total. The SMILES string of the molecule is O=C(C[C@H]1CCc2ccccc21)NC1CCN(c2ccccc2)CC1. The topological polar surface area (TPSA) is 32.3 Å². The van der Waals surface area contributed by atoms with Crippen LogP contribution in [0.5, 0.6) is 0 Å². The third-order valence-corrected chi connectivity index (χ3v) is 5.67. The lowest BCUT2D eigenvalue weighted by atomic mass is 9.97. The zero-order valence-corrected chi connectivity index (χ0v) is 14.7. The number of anilines is 1. The highest BCUT2D eigenvalue weighted by Gasteiger charge is 2.26. The van der Waals surface area contributed by atoms with Crippen LogP contribution in [0.1, 0.15) is 42.7 Å². The van der Waals surface area contributed by atoms with Crippen LogP contribution in [0.25, 0.3) is 0 Å². The number of aryl methyl sites for hydroxylation is 1. The summed E-state index contributed by atoms with van der Waals surface area (Å²) in [6.07, 6.45) is 4.92. The van der Waals surface area contributed by atoms with Crippen LogP contribution in [0, 0.1) is 0 Å². The molecule has 1 aliphatic heterocycles. The van der Waals surface area contributed by atoms with E-state index in [4.69, 9.17) is 0 Å². The molecule has 25 heavy (non-hydrogen) atoms. The number of nitrogens with zero attached hydrogens (tertiary/aromatic N) is 1. The second-order valence-corrected chi connectivity index (χ2v) is 7.30. The first-order valence-electron chi connectivity index (χ1n) is 9.47. The monoisotopic (exact) mass is 334 g/mol. The number of nitrogens with one attached hydrogen (secondary N) is 1. The first kappa shape index (κ1) is 16.2. The van der Waals surface area contributed by atoms with Gasteiger partial charge in [-0.2, -0.15) is 0 Å². The van der Waals surface area contributed by atoms with E-state index in [1.165, 1.54) is 16.8 Å². The first-order chi connectivity index (χ1) is 12.3. The summed E-state index contributed by atoms with van der Waals surface area (Å²) in [5.74, 6) is 0.625. The number of benzene rings is 2. The van der Waals surface area contributed by atoms with Crippen molar-refractivity contribution in [2.75, 3.05) is 18.0 Å². The minimum Gasteiger partial charge on any atom is -0.371 e. The minimum atomic E-state index is 0.222. The van der Waals surface area contributed by atoms with Gasteiger partial charge >= 0.3 is 0 Å². The van der Waals surface area contributed by atoms with Gasteiger partial charge in [-0.25, -0.2) is 0 Å². The molecule has 2 aromatic rings. The summed E-state index contributed by atoms with van der Waals surface area (Å²) in [5, 5.41) is 3.28. The molecule has 3 heteroatoms. The number of hydrogen-bond donors (Lipinski definition) is 1. The number of hydrogen-bond acceptors (Lipinski definition) is 2. The number of amides is 1. The molecular weight excluding hydrogens is 308 g/mol. The van der Waals surface area contributed by atoms with E-state index in [0.717, 1.165) is 38.8 Å². The van der Waals surface area contributed by atoms with E-state index in [0.29, 0.717) is 18.4 Å². The van der Waals surface area contributed by atoms with Crippen molar-refractivity contribution in [1.29, 1.82) is 0 Å². The molecule has 130 valence electrons. The smallest absolute Gasteiger partial charge is 0.220 e. The normalized spacial score (nSPS) is 20.3. The van der Waals surface area contributed by atoms with Gasteiger partial charge in [0.2, 0.25) is 5.91 Å². The molecule has 0 unspecified atom stereocenters. The maximum absolute atomic E-state index is 12.5. The highest BCUT2D eigenvalue weighted by molar-refractivity contribution is 5.77. The molecule has 1 fully saturated rings. The minimum absolute atomic E-state index is 0.222. The highest BCUT2D eigenvalue weighted by atomic mass is 16.1. The molecule has 0 aromatic heterocycles. The molecule has 1 saturated heterocycles. The van der Waals surface area contributed by atoms with Gasteiger partial charge in [0.25, 0.3) is 0 Å². The lowest BCUT2D eigenvalue weighted by molar-refractivity contribution is -0.122. The predicted molar refractivity (Wildman–Crippen MR) is 102 cm³/mol. The van der Waals surface area contributed by atoms with E-state index in [-0.39, 0.29) is 5.91 Å². The quantitative estimate of drug-likeness (QED) is 0.920. The summed E-state index contributed by atoms with van der Waals surface area (Å²) >= 11 is 0. The van der Waals surface area contributed by atoms with Crippen molar-refractivity contribution >= 4 is 11.6 Å². The fourth-order valence-corrected chi connectivity index (χ4v) is 4.29.